The van der Waals surface area contributed by atoms with Gasteiger partial charge in [-0.05, 0) is 48.9 Å². The third-order valence-electron chi connectivity index (χ3n) is 3.66. The molecule has 8 nitrogen and oxygen atoms in total. The standard InChI is InChI=1S/C16H14ClFN2O6S/c1-10(16(17)21)19(27(24,25)13-6-3-11(18)4-7-13)14-9-12(20(22)23)5-8-15(14)26-2/h3-10H,1-2H3. The van der Waals surface area contributed by atoms with Crippen LogP contribution in [-0.4, -0.2) is 31.7 Å². The Balaban J connectivity index is 2.76. The van der Waals surface area contributed by atoms with Crippen LogP contribution in [0.3, 0.4) is 0 Å². The first-order valence-electron chi connectivity index (χ1n) is 7.41. The van der Waals surface area contributed by atoms with Crippen LogP contribution in [0.15, 0.2) is 47.4 Å². The number of ether oxygens (including phenoxy) is 1. The lowest BCUT2D eigenvalue weighted by atomic mass is 10.2. The normalized spacial score (nSPS) is 12.3. The number of carbonyl (C=O) groups excluding carboxylic acids is 1. The summed E-state index contributed by atoms with van der Waals surface area (Å²) in [4.78, 5) is 21.8. The molecule has 0 aliphatic carbocycles. The highest BCUT2D eigenvalue weighted by Crippen LogP contribution is 2.37. The lowest BCUT2D eigenvalue weighted by Gasteiger charge is -2.29. The van der Waals surface area contributed by atoms with Crippen molar-refractivity contribution in [3.05, 3.63) is 58.4 Å². The second-order valence-electron chi connectivity index (χ2n) is 5.35. The number of hydrogen-bond acceptors (Lipinski definition) is 6. The Morgan fingerprint density at radius 2 is 1.85 bits per heavy atom. The fourth-order valence-electron chi connectivity index (χ4n) is 2.32. The smallest absolute Gasteiger partial charge is 0.271 e. The zero-order valence-electron chi connectivity index (χ0n) is 14.1. The molecule has 144 valence electrons. The quantitative estimate of drug-likeness (QED) is 0.390. The molecule has 0 bridgehead atoms. The Morgan fingerprint density at radius 3 is 2.33 bits per heavy atom. The average molecular weight is 417 g/mol. The Kier molecular flexibility index (Phi) is 6.01. The van der Waals surface area contributed by atoms with E-state index in [0.29, 0.717) is 4.31 Å². The predicted molar refractivity (Wildman–Crippen MR) is 96.0 cm³/mol. The molecule has 0 aromatic heterocycles. The average Bonchev–Trinajstić information content (AvgIpc) is 2.61. The number of nitro benzene ring substituents is 1. The van der Waals surface area contributed by atoms with E-state index >= 15 is 0 Å². The summed E-state index contributed by atoms with van der Waals surface area (Å²) in [6, 6.07) is 5.74. The zero-order chi connectivity index (χ0) is 20.4. The van der Waals surface area contributed by atoms with Crippen LogP contribution in [0.25, 0.3) is 0 Å². The van der Waals surface area contributed by atoms with Crippen LogP contribution in [0.4, 0.5) is 15.8 Å². The van der Waals surface area contributed by atoms with Gasteiger partial charge in [0.1, 0.15) is 23.3 Å². The van der Waals surface area contributed by atoms with Crippen LogP contribution in [0, 0.1) is 15.9 Å². The van der Waals surface area contributed by atoms with E-state index in [1.54, 1.807) is 0 Å². The Morgan fingerprint density at radius 1 is 1.26 bits per heavy atom. The first kappa shape index (κ1) is 20.6. The van der Waals surface area contributed by atoms with Gasteiger partial charge >= 0.3 is 0 Å². The lowest BCUT2D eigenvalue weighted by Crippen LogP contribution is -2.42. The molecule has 0 saturated carbocycles. The van der Waals surface area contributed by atoms with Crippen molar-refractivity contribution in [3.8, 4) is 5.75 Å². The van der Waals surface area contributed by atoms with Crippen molar-refractivity contribution in [1.29, 1.82) is 0 Å². The van der Waals surface area contributed by atoms with Gasteiger partial charge in [-0.15, -0.1) is 0 Å². The van der Waals surface area contributed by atoms with Gasteiger partial charge in [-0.3, -0.25) is 19.2 Å². The van der Waals surface area contributed by atoms with Gasteiger partial charge in [0.05, 0.1) is 16.9 Å². The van der Waals surface area contributed by atoms with Gasteiger partial charge in [-0.2, -0.15) is 0 Å². The fourth-order valence-corrected chi connectivity index (χ4v) is 4.10. The van der Waals surface area contributed by atoms with Crippen LogP contribution in [-0.2, 0) is 14.8 Å². The topological polar surface area (TPSA) is 107 Å². The summed E-state index contributed by atoms with van der Waals surface area (Å²) in [6.07, 6.45) is 0. The van der Waals surface area contributed by atoms with Gasteiger partial charge < -0.3 is 4.74 Å². The summed E-state index contributed by atoms with van der Waals surface area (Å²) >= 11 is 5.51. The fraction of sp³-hybridized carbons (Fsp3) is 0.188. The first-order chi connectivity index (χ1) is 12.6. The highest BCUT2D eigenvalue weighted by molar-refractivity contribution is 7.93. The molecule has 2 aromatic carbocycles. The molecule has 0 aliphatic rings. The van der Waals surface area contributed by atoms with Gasteiger partial charge in [0.2, 0.25) is 5.24 Å². The van der Waals surface area contributed by atoms with Crippen LogP contribution < -0.4 is 9.04 Å². The number of carbonyl (C=O) groups is 1. The molecule has 27 heavy (non-hydrogen) atoms. The van der Waals surface area contributed by atoms with E-state index in [2.05, 4.69) is 0 Å². The first-order valence-corrected chi connectivity index (χ1v) is 9.23. The molecule has 0 spiro atoms. The van der Waals surface area contributed by atoms with Gasteiger partial charge in [0.15, 0.2) is 0 Å². The SMILES string of the molecule is COc1ccc([N+](=O)[O-])cc1N(C(C)C(=O)Cl)S(=O)(=O)c1ccc(F)cc1. The minimum absolute atomic E-state index is 0.0314. The monoisotopic (exact) mass is 416 g/mol. The van der Waals surface area contributed by atoms with Crippen molar-refractivity contribution in [3.63, 3.8) is 0 Å². The molecular weight excluding hydrogens is 403 g/mol. The molecule has 0 heterocycles. The number of non-ortho nitro benzene ring substituents is 1. The second-order valence-corrected chi connectivity index (χ2v) is 7.54. The van der Waals surface area contributed by atoms with E-state index in [0.717, 1.165) is 36.4 Å². The molecule has 1 atom stereocenters. The Labute approximate surface area is 159 Å². The molecule has 0 saturated heterocycles. The van der Waals surface area contributed by atoms with Crippen LogP contribution in [0.2, 0.25) is 0 Å². The third kappa shape index (κ3) is 4.17. The van der Waals surface area contributed by atoms with Crippen molar-refractivity contribution < 1.29 is 27.3 Å². The minimum atomic E-state index is -4.43. The maximum Gasteiger partial charge on any atom is 0.271 e. The number of hydrogen-bond donors (Lipinski definition) is 0. The number of benzene rings is 2. The highest BCUT2D eigenvalue weighted by atomic mass is 35.5. The van der Waals surface area contributed by atoms with Crippen LogP contribution in [0.5, 0.6) is 5.75 Å². The van der Waals surface area contributed by atoms with Gasteiger partial charge in [0.25, 0.3) is 15.7 Å². The molecule has 2 aromatic rings. The summed E-state index contributed by atoms with van der Waals surface area (Å²) in [5.74, 6) is -0.689. The summed E-state index contributed by atoms with van der Waals surface area (Å²) in [7, 11) is -3.19. The highest BCUT2D eigenvalue weighted by Gasteiger charge is 2.35. The van der Waals surface area contributed by atoms with E-state index in [9.17, 15) is 27.7 Å². The van der Waals surface area contributed by atoms with Gasteiger partial charge in [-0.1, -0.05) is 0 Å². The Bertz CT molecular complexity index is 981. The number of anilines is 1. The predicted octanol–water partition coefficient (Wildman–Crippen LogP) is 3.09. The van der Waals surface area contributed by atoms with E-state index in [1.165, 1.54) is 20.1 Å². The second kappa shape index (κ2) is 7.89. The molecule has 11 heteroatoms. The molecule has 0 aliphatic heterocycles. The lowest BCUT2D eigenvalue weighted by molar-refractivity contribution is -0.384. The molecule has 0 N–H and O–H groups in total. The van der Waals surface area contributed by atoms with Crippen LogP contribution >= 0.6 is 11.6 Å². The van der Waals surface area contributed by atoms with Crippen molar-refractivity contribution in [1.82, 2.24) is 0 Å². The number of nitro groups is 1. The van der Waals surface area contributed by atoms with Gasteiger partial charge in [0, 0.05) is 12.1 Å². The zero-order valence-corrected chi connectivity index (χ0v) is 15.7. The van der Waals surface area contributed by atoms with E-state index in [-0.39, 0.29) is 16.3 Å². The van der Waals surface area contributed by atoms with Crippen molar-refractivity contribution in [2.24, 2.45) is 0 Å². The van der Waals surface area contributed by atoms with Crippen molar-refractivity contribution in [2.45, 2.75) is 17.9 Å². The summed E-state index contributed by atoms with van der Waals surface area (Å²) in [5, 5.41) is 10.1. The number of nitrogens with zero attached hydrogens (tertiary/aromatic N) is 2. The number of rotatable bonds is 7. The van der Waals surface area contributed by atoms with Crippen molar-refractivity contribution >= 4 is 38.2 Å². The summed E-state index contributed by atoms with van der Waals surface area (Å²) < 4.78 is 45.1. The number of sulfonamides is 1. The molecule has 0 fully saturated rings. The summed E-state index contributed by atoms with van der Waals surface area (Å²) in [6.45, 7) is 1.22. The minimum Gasteiger partial charge on any atom is -0.495 e. The third-order valence-corrected chi connectivity index (χ3v) is 5.88. The molecule has 2 rings (SSSR count). The van der Waals surface area contributed by atoms with E-state index in [4.69, 9.17) is 16.3 Å². The molecular formula is C16H14ClFN2O6S. The van der Waals surface area contributed by atoms with Gasteiger partial charge in [-0.25, -0.2) is 12.8 Å². The van der Waals surface area contributed by atoms with E-state index < -0.39 is 37.7 Å². The number of halogens is 2. The van der Waals surface area contributed by atoms with E-state index in [1.807, 2.05) is 0 Å². The maximum absolute atomic E-state index is 13.2. The number of methoxy groups -OCH3 is 1. The molecule has 1 unspecified atom stereocenters. The summed E-state index contributed by atoms with van der Waals surface area (Å²) in [5.41, 5.74) is -0.670. The largest absolute Gasteiger partial charge is 0.495 e. The van der Waals surface area contributed by atoms with Crippen molar-refractivity contribution in [2.75, 3.05) is 11.4 Å². The molecule has 0 radical (unpaired) electrons. The van der Waals surface area contributed by atoms with Crippen LogP contribution in [0.1, 0.15) is 6.92 Å². The maximum atomic E-state index is 13.2. The Hall–Kier alpha value is -2.72. The molecule has 0 amide bonds.